The summed E-state index contributed by atoms with van der Waals surface area (Å²) in [6, 6.07) is 4.33. The first-order valence-electron chi connectivity index (χ1n) is 6.64. The molecule has 1 aromatic carbocycles. The van der Waals surface area contributed by atoms with Crippen LogP contribution in [0.5, 0.6) is 0 Å². The second kappa shape index (κ2) is 5.49. The van der Waals surface area contributed by atoms with Crippen molar-refractivity contribution < 1.29 is 14.3 Å². The minimum absolute atomic E-state index is 0.227. The molecule has 0 spiro atoms. The molecule has 1 N–H and O–H groups in total. The Kier molecular flexibility index (Phi) is 4.14. The van der Waals surface area contributed by atoms with Gasteiger partial charge < -0.3 is 5.11 Å². The van der Waals surface area contributed by atoms with E-state index in [2.05, 4.69) is 6.92 Å². The molecule has 104 valence electrons. The Morgan fingerprint density at radius 2 is 2.32 bits per heavy atom. The summed E-state index contributed by atoms with van der Waals surface area (Å²) in [4.78, 5) is 11.6. The highest BCUT2D eigenvalue weighted by Crippen LogP contribution is 2.46. The molecule has 1 fully saturated rings. The molecule has 0 heterocycles. The summed E-state index contributed by atoms with van der Waals surface area (Å²) in [5, 5.41) is 9.99. The molecule has 2 rings (SSSR count). The van der Waals surface area contributed by atoms with Gasteiger partial charge in [-0.2, -0.15) is 0 Å². The third-order valence-electron chi connectivity index (χ3n) is 4.28. The summed E-state index contributed by atoms with van der Waals surface area (Å²) in [7, 11) is 0. The van der Waals surface area contributed by atoms with Gasteiger partial charge >= 0.3 is 5.97 Å². The molecule has 1 aromatic rings. The number of halogens is 2. The van der Waals surface area contributed by atoms with Crippen molar-refractivity contribution in [3.63, 3.8) is 0 Å². The molecule has 2 nitrogen and oxygen atoms in total. The van der Waals surface area contributed by atoms with Crippen LogP contribution in [0.4, 0.5) is 4.39 Å². The molecule has 0 saturated heterocycles. The maximum Gasteiger partial charge on any atom is 0.309 e. The van der Waals surface area contributed by atoms with E-state index in [1.807, 2.05) is 0 Å². The summed E-state index contributed by atoms with van der Waals surface area (Å²) in [6.07, 6.45) is 3.36. The number of carboxylic acids is 1. The monoisotopic (exact) mass is 284 g/mol. The number of hydrogen-bond acceptors (Lipinski definition) is 1. The van der Waals surface area contributed by atoms with E-state index in [1.165, 1.54) is 12.1 Å². The van der Waals surface area contributed by atoms with E-state index in [-0.39, 0.29) is 12.2 Å². The van der Waals surface area contributed by atoms with Crippen molar-refractivity contribution in [2.24, 2.45) is 11.3 Å². The van der Waals surface area contributed by atoms with Gasteiger partial charge in [0.15, 0.2) is 0 Å². The highest BCUT2D eigenvalue weighted by atomic mass is 35.5. The highest BCUT2D eigenvalue weighted by molar-refractivity contribution is 6.30. The van der Waals surface area contributed by atoms with Crippen molar-refractivity contribution in [2.75, 3.05) is 0 Å². The van der Waals surface area contributed by atoms with E-state index in [0.29, 0.717) is 29.3 Å². The lowest BCUT2D eigenvalue weighted by atomic mass is 9.79. The quantitative estimate of drug-likeness (QED) is 0.895. The number of carboxylic acid groups (broad SMARTS) is 1. The lowest BCUT2D eigenvalue weighted by Gasteiger charge is -2.25. The van der Waals surface area contributed by atoms with Gasteiger partial charge in [0.05, 0.1) is 5.41 Å². The van der Waals surface area contributed by atoms with Crippen molar-refractivity contribution in [1.29, 1.82) is 0 Å². The fourth-order valence-corrected chi connectivity index (χ4v) is 3.25. The maximum atomic E-state index is 13.8. The van der Waals surface area contributed by atoms with Gasteiger partial charge in [0.2, 0.25) is 0 Å². The second-order valence-electron chi connectivity index (χ2n) is 5.52. The molecule has 1 saturated carbocycles. The standard InChI is InChI=1S/C15H18ClFO2/c1-2-10-5-6-15(8-10,14(18)19)9-11-7-12(16)3-4-13(11)17/h3-4,7,10H,2,5-6,8-9H2,1H3,(H,18,19). The van der Waals surface area contributed by atoms with E-state index >= 15 is 0 Å². The molecule has 4 heteroatoms. The smallest absolute Gasteiger partial charge is 0.309 e. The Hall–Kier alpha value is -1.09. The number of rotatable bonds is 4. The first-order valence-corrected chi connectivity index (χ1v) is 7.02. The minimum Gasteiger partial charge on any atom is -0.481 e. The van der Waals surface area contributed by atoms with Crippen LogP contribution < -0.4 is 0 Å². The molecule has 1 aliphatic rings. The Balaban J connectivity index is 2.27. The Morgan fingerprint density at radius 1 is 1.58 bits per heavy atom. The van der Waals surface area contributed by atoms with E-state index in [9.17, 15) is 14.3 Å². The largest absolute Gasteiger partial charge is 0.481 e. The SMILES string of the molecule is CCC1CCC(Cc2cc(Cl)ccc2F)(C(=O)O)C1. The normalized spacial score (nSPS) is 26.6. The van der Waals surface area contributed by atoms with Crippen LogP contribution in [0.3, 0.4) is 0 Å². The predicted molar refractivity (Wildman–Crippen MR) is 72.8 cm³/mol. The third-order valence-corrected chi connectivity index (χ3v) is 4.51. The van der Waals surface area contributed by atoms with Gasteiger partial charge in [-0.25, -0.2) is 4.39 Å². The van der Waals surface area contributed by atoms with E-state index < -0.39 is 11.4 Å². The molecule has 0 aromatic heterocycles. The molecule has 0 aliphatic heterocycles. The molecule has 2 unspecified atom stereocenters. The van der Waals surface area contributed by atoms with Gasteiger partial charge in [-0.05, 0) is 55.4 Å². The lowest BCUT2D eigenvalue weighted by Crippen LogP contribution is -2.31. The second-order valence-corrected chi connectivity index (χ2v) is 5.95. The number of benzene rings is 1. The zero-order chi connectivity index (χ0) is 14.0. The van der Waals surface area contributed by atoms with Gasteiger partial charge in [-0.15, -0.1) is 0 Å². The van der Waals surface area contributed by atoms with Crippen LogP contribution in [0.25, 0.3) is 0 Å². The number of hydrogen-bond donors (Lipinski definition) is 1. The van der Waals surface area contributed by atoms with Gasteiger partial charge in [0.1, 0.15) is 5.82 Å². The first kappa shape index (κ1) is 14.3. The van der Waals surface area contributed by atoms with Crippen molar-refractivity contribution in [3.05, 3.63) is 34.6 Å². The average molecular weight is 285 g/mol. The van der Waals surface area contributed by atoms with Crippen molar-refractivity contribution in [2.45, 2.75) is 39.0 Å². The summed E-state index contributed by atoms with van der Waals surface area (Å²) >= 11 is 5.87. The summed E-state index contributed by atoms with van der Waals surface area (Å²) in [5.74, 6) is -0.758. The molecular formula is C15H18ClFO2. The average Bonchev–Trinajstić information content (AvgIpc) is 2.79. The summed E-state index contributed by atoms with van der Waals surface area (Å²) in [6.45, 7) is 2.07. The molecular weight excluding hydrogens is 267 g/mol. The van der Waals surface area contributed by atoms with Crippen molar-refractivity contribution in [1.82, 2.24) is 0 Å². The molecule has 1 aliphatic carbocycles. The van der Waals surface area contributed by atoms with Gasteiger partial charge in [0, 0.05) is 5.02 Å². The van der Waals surface area contributed by atoms with Gasteiger partial charge in [-0.1, -0.05) is 24.9 Å². The summed E-state index contributed by atoms with van der Waals surface area (Å²) in [5.41, 5.74) is -0.418. The topological polar surface area (TPSA) is 37.3 Å². The molecule has 0 bridgehead atoms. The Morgan fingerprint density at radius 3 is 2.89 bits per heavy atom. The zero-order valence-electron chi connectivity index (χ0n) is 11.0. The molecule has 0 radical (unpaired) electrons. The Bertz CT molecular complexity index is 489. The Labute approximate surface area is 117 Å². The summed E-state index contributed by atoms with van der Waals surface area (Å²) < 4.78 is 13.8. The van der Waals surface area contributed by atoms with E-state index in [0.717, 1.165) is 12.8 Å². The first-order chi connectivity index (χ1) is 8.97. The molecule has 0 amide bonds. The van der Waals surface area contributed by atoms with Crippen LogP contribution in [0, 0.1) is 17.2 Å². The molecule has 19 heavy (non-hydrogen) atoms. The van der Waals surface area contributed by atoms with Crippen LogP contribution >= 0.6 is 11.6 Å². The number of carbonyl (C=O) groups is 1. The minimum atomic E-state index is -0.827. The predicted octanol–water partition coefficient (Wildman–Crippen LogP) is 4.30. The zero-order valence-corrected chi connectivity index (χ0v) is 11.7. The van der Waals surface area contributed by atoms with Crippen LogP contribution in [0.1, 0.15) is 38.2 Å². The van der Waals surface area contributed by atoms with Gasteiger partial charge in [-0.3, -0.25) is 4.79 Å². The number of aliphatic carboxylic acids is 1. The van der Waals surface area contributed by atoms with Crippen molar-refractivity contribution >= 4 is 17.6 Å². The van der Waals surface area contributed by atoms with Crippen LogP contribution in [-0.2, 0) is 11.2 Å². The van der Waals surface area contributed by atoms with Crippen LogP contribution in [0.2, 0.25) is 5.02 Å². The fourth-order valence-electron chi connectivity index (χ4n) is 3.06. The highest BCUT2D eigenvalue weighted by Gasteiger charge is 2.45. The molecule has 2 atom stereocenters. The maximum absolute atomic E-state index is 13.8. The lowest BCUT2D eigenvalue weighted by molar-refractivity contribution is -0.148. The van der Waals surface area contributed by atoms with Gasteiger partial charge in [0.25, 0.3) is 0 Å². The fraction of sp³-hybridized carbons (Fsp3) is 0.533. The third kappa shape index (κ3) is 2.92. The van der Waals surface area contributed by atoms with Crippen molar-refractivity contribution in [3.8, 4) is 0 Å². The van der Waals surface area contributed by atoms with E-state index in [4.69, 9.17) is 11.6 Å². The van der Waals surface area contributed by atoms with Crippen LogP contribution in [-0.4, -0.2) is 11.1 Å². The van der Waals surface area contributed by atoms with Crippen LogP contribution in [0.15, 0.2) is 18.2 Å². The van der Waals surface area contributed by atoms with E-state index in [1.54, 1.807) is 6.07 Å².